The minimum atomic E-state index is -0.945. The number of carbonyl (C=O) groups excluding carboxylic acids is 3. The maximum absolute atomic E-state index is 13.7. The molecule has 0 radical (unpaired) electrons. The molecule has 0 heterocycles. The second-order valence-corrected chi connectivity index (χ2v) is 7.37. The number of amides is 3. The molecule has 3 N–H and O–H groups in total. The van der Waals surface area contributed by atoms with Gasteiger partial charge in [0.2, 0.25) is 5.91 Å². The summed E-state index contributed by atoms with van der Waals surface area (Å²) in [6.07, 6.45) is -0.749. The Hall–Kier alpha value is -3.42. The van der Waals surface area contributed by atoms with E-state index < -0.39 is 35.4 Å². The fourth-order valence-corrected chi connectivity index (χ4v) is 2.32. The van der Waals surface area contributed by atoms with Crippen LogP contribution in [0.2, 0.25) is 0 Å². The van der Waals surface area contributed by atoms with Crippen molar-refractivity contribution < 1.29 is 23.5 Å². The van der Waals surface area contributed by atoms with Crippen LogP contribution >= 0.6 is 0 Å². The van der Waals surface area contributed by atoms with Crippen molar-refractivity contribution in [1.82, 2.24) is 5.32 Å². The molecule has 0 bridgehead atoms. The van der Waals surface area contributed by atoms with E-state index in [1.54, 1.807) is 51.1 Å². The average molecular weight is 401 g/mol. The average Bonchev–Trinajstić information content (AvgIpc) is 2.62. The molecule has 2 aromatic carbocycles. The Morgan fingerprint density at radius 1 is 1.00 bits per heavy atom. The first kappa shape index (κ1) is 21.9. The van der Waals surface area contributed by atoms with Gasteiger partial charge in [-0.05, 0) is 58.0 Å². The highest BCUT2D eigenvalue weighted by atomic mass is 19.1. The van der Waals surface area contributed by atoms with Crippen LogP contribution in [0.25, 0.3) is 0 Å². The minimum Gasteiger partial charge on any atom is -0.444 e. The van der Waals surface area contributed by atoms with Gasteiger partial charge in [-0.15, -0.1) is 0 Å². The quantitative estimate of drug-likeness (QED) is 0.707. The molecule has 0 aliphatic carbocycles. The molecule has 1 unspecified atom stereocenters. The van der Waals surface area contributed by atoms with Crippen LogP contribution in [0.1, 0.15) is 38.1 Å². The largest absolute Gasteiger partial charge is 0.444 e. The third-order valence-corrected chi connectivity index (χ3v) is 3.64. The molecule has 1 atom stereocenters. The number of carbonyl (C=O) groups is 3. The summed E-state index contributed by atoms with van der Waals surface area (Å²) in [4.78, 5) is 36.8. The molecule has 29 heavy (non-hydrogen) atoms. The lowest BCUT2D eigenvalue weighted by Crippen LogP contribution is -2.44. The second-order valence-electron chi connectivity index (χ2n) is 7.37. The van der Waals surface area contributed by atoms with E-state index in [0.717, 1.165) is 12.1 Å². The molecule has 0 saturated heterocycles. The number of alkyl carbamates (subject to hydrolysis) is 1. The number of para-hydroxylation sites is 1. The molecule has 3 amide bonds. The van der Waals surface area contributed by atoms with Crippen LogP contribution in [-0.4, -0.2) is 29.6 Å². The van der Waals surface area contributed by atoms with Crippen molar-refractivity contribution in [2.45, 2.75) is 39.3 Å². The predicted molar refractivity (Wildman–Crippen MR) is 108 cm³/mol. The Balaban J connectivity index is 2.11. The maximum Gasteiger partial charge on any atom is 0.408 e. The zero-order chi connectivity index (χ0) is 21.6. The third kappa shape index (κ3) is 6.91. The first-order valence-corrected chi connectivity index (χ1v) is 9.01. The van der Waals surface area contributed by atoms with E-state index in [4.69, 9.17) is 4.74 Å². The van der Waals surface area contributed by atoms with Crippen LogP contribution in [0, 0.1) is 5.82 Å². The second kappa shape index (κ2) is 9.18. The van der Waals surface area contributed by atoms with Gasteiger partial charge in [-0.25, -0.2) is 9.18 Å². The molecule has 0 aliphatic rings. The van der Waals surface area contributed by atoms with Gasteiger partial charge < -0.3 is 20.7 Å². The Morgan fingerprint density at radius 2 is 1.66 bits per heavy atom. The van der Waals surface area contributed by atoms with Crippen LogP contribution in [0.3, 0.4) is 0 Å². The Kier molecular flexibility index (Phi) is 6.93. The summed E-state index contributed by atoms with van der Waals surface area (Å²) < 4.78 is 18.8. The number of anilines is 2. The molecule has 154 valence electrons. The SMILES string of the molecule is CC(NC(=O)OC(C)(C)C)C(=O)Nc1ccc(F)cc1C(=O)Nc1ccccc1. The zero-order valence-corrected chi connectivity index (χ0v) is 16.7. The number of hydrogen-bond donors (Lipinski definition) is 3. The van der Waals surface area contributed by atoms with Crippen molar-refractivity contribution in [2.75, 3.05) is 10.6 Å². The number of halogens is 1. The fraction of sp³-hybridized carbons (Fsp3) is 0.286. The van der Waals surface area contributed by atoms with Gasteiger partial charge in [0.1, 0.15) is 17.5 Å². The summed E-state index contributed by atoms with van der Waals surface area (Å²) >= 11 is 0. The predicted octanol–water partition coefficient (Wildman–Crippen LogP) is 3.93. The van der Waals surface area contributed by atoms with E-state index in [9.17, 15) is 18.8 Å². The van der Waals surface area contributed by atoms with Crippen LogP contribution in [0.15, 0.2) is 48.5 Å². The van der Waals surface area contributed by atoms with E-state index in [1.165, 1.54) is 13.0 Å². The standard InChI is InChI=1S/C21H24FN3O4/c1-13(23-20(28)29-21(2,3)4)18(26)25-17-11-10-14(22)12-16(17)19(27)24-15-8-6-5-7-9-15/h5-13H,1-4H3,(H,23,28)(H,24,27)(H,25,26). The van der Waals surface area contributed by atoms with Gasteiger partial charge in [0.05, 0.1) is 11.3 Å². The Morgan fingerprint density at radius 3 is 2.28 bits per heavy atom. The van der Waals surface area contributed by atoms with Crippen LogP contribution < -0.4 is 16.0 Å². The molecule has 0 spiro atoms. The monoisotopic (exact) mass is 401 g/mol. The molecule has 8 heteroatoms. The molecular weight excluding hydrogens is 377 g/mol. The Labute approximate surface area is 168 Å². The van der Waals surface area contributed by atoms with Gasteiger partial charge in [0.25, 0.3) is 5.91 Å². The van der Waals surface area contributed by atoms with Crippen molar-refractivity contribution in [1.29, 1.82) is 0 Å². The highest BCUT2D eigenvalue weighted by Gasteiger charge is 2.22. The molecule has 2 aromatic rings. The topological polar surface area (TPSA) is 96.5 Å². The summed E-state index contributed by atoms with van der Waals surface area (Å²) in [6.45, 7) is 6.57. The van der Waals surface area contributed by atoms with Crippen molar-refractivity contribution >= 4 is 29.3 Å². The normalized spacial score (nSPS) is 11.9. The van der Waals surface area contributed by atoms with E-state index >= 15 is 0 Å². The highest BCUT2D eigenvalue weighted by Crippen LogP contribution is 2.19. The molecule has 0 aliphatic heterocycles. The summed E-state index contributed by atoms with van der Waals surface area (Å²) in [7, 11) is 0. The summed E-state index contributed by atoms with van der Waals surface area (Å²) in [5.41, 5.74) is -0.117. The maximum atomic E-state index is 13.7. The summed E-state index contributed by atoms with van der Waals surface area (Å²) in [5.74, 6) is -1.80. The van der Waals surface area contributed by atoms with Gasteiger partial charge >= 0.3 is 6.09 Å². The minimum absolute atomic E-state index is 0.0494. The van der Waals surface area contributed by atoms with E-state index in [-0.39, 0.29) is 11.3 Å². The highest BCUT2D eigenvalue weighted by molar-refractivity contribution is 6.10. The number of hydrogen-bond acceptors (Lipinski definition) is 4. The molecule has 0 saturated carbocycles. The van der Waals surface area contributed by atoms with Crippen molar-refractivity contribution in [3.8, 4) is 0 Å². The van der Waals surface area contributed by atoms with Crippen LogP contribution in [0.5, 0.6) is 0 Å². The van der Waals surface area contributed by atoms with Crippen molar-refractivity contribution in [3.05, 3.63) is 59.9 Å². The van der Waals surface area contributed by atoms with Gasteiger partial charge in [0.15, 0.2) is 0 Å². The van der Waals surface area contributed by atoms with E-state index in [0.29, 0.717) is 5.69 Å². The lowest BCUT2D eigenvalue weighted by molar-refractivity contribution is -0.117. The number of ether oxygens (including phenoxy) is 1. The summed E-state index contributed by atoms with van der Waals surface area (Å²) in [6, 6.07) is 11.1. The van der Waals surface area contributed by atoms with Gasteiger partial charge in [-0.3, -0.25) is 9.59 Å². The smallest absolute Gasteiger partial charge is 0.408 e. The van der Waals surface area contributed by atoms with Gasteiger partial charge in [-0.1, -0.05) is 18.2 Å². The molecule has 7 nitrogen and oxygen atoms in total. The number of benzene rings is 2. The van der Waals surface area contributed by atoms with E-state index in [1.807, 2.05) is 0 Å². The van der Waals surface area contributed by atoms with Crippen molar-refractivity contribution in [2.24, 2.45) is 0 Å². The summed E-state index contributed by atoms with van der Waals surface area (Å²) in [5, 5.41) is 7.58. The first-order valence-electron chi connectivity index (χ1n) is 9.01. The number of nitrogens with one attached hydrogen (secondary N) is 3. The molecule has 2 rings (SSSR count). The lowest BCUT2D eigenvalue weighted by atomic mass is 10.1. The zero-order valence-electron chi connectivity index (χ0n) is 16.7. The van der Waals surface area contributed by atoms with Gasteiger partial charge in [-0.2, -0.15) is 0 Å². The molecule has 0 aromatic heterocycles. The van der Waals surface area contributed by atoms with Crippen LogP contribution in [0.4, 0.5) is 20.6 Å². The van der Waals surface area contributed by atoms with E-state index in [2.05, 4.69) is 16.0 Å². The molecule has 0 fully saturated rings. The lowest BCUT2D eigenvalue weighted by Gasteiger charge is -2.22. The number of rotatable bonds is 5. The molecular formula is C21H24FN3O4. The fourth-order valence-electron chi connectivity index (χ4n) is 2.32. The van der Waals surface area contributed by atoms with Gasteiger partial charge in [0, 0.05) is 5.69 Å². The Bertz CT molecular complexity index is 895. The van der Waals surface area contributed by atoms with Crippen molar-refractivity contribution in [3.63, 3.8) is 0 Å². The van der Waals surface area contributed by atoms with Crippen LogP contribution in [-0.2, 0) is 9.53 Å². The first-order chi connectivity index (χ1) is 13.5. The third-order valence-electron chi connectivity index (χ3n) is 3.64.